The summed E-state index contributed by atoms with van der Waals surface area (Å²) in [5.41, 5.74) is 0. The Bertz CT molecular complexity index is 200. The fourth-order valence-electron chi connectivity index (χ4n) is 0.520. The Kier molecular flexibility index (Phi) is 1.38. The summed E-state index contributed by atoms with van der Waals surface area (Å²) in [6, 6.07) is 0. The molecule has 1 aromatic rings. The largest absolute Gasteiger partial charge is 0.264 e. The number of aryl methyl sites for hydroxylation is 2. The van der Waals surface area contributed by atoms with Crippen molar-refractivity contribution in [2.45, 2.75) is 13.8 Å². The van der Waals surface area contributed by atoms with E-state index in [0.717, 1.165) is 11.6 Å². The molecular weight excluding hydrogens is 116 g/mol. The molecule has 4 heteroatoms. The van der Waals surface area contributed by atoms with E-state index in [4.69, 9.17) is 0 Å². The Hall–Kier alpha value is -1.06. The Morgan fingerprint density at radius 3 is 1.89 bits per heavy atom. The summed E-state index contributed by atoms with van der Waals surface area (Å²) in [4.78, 5) is 0. The molecule has 0 aliphatic carbocycles. The van der Waals surface area contributed by atoms with Gasteiger partial charge in [0.25, 0.3) is 11.6 Å². The van der Waals surface area contributed by atoms with E-state index in [-0.39, 0.29) is 0 Å². The number of aromatic nitrogens is 4. The monoisotopic (exact) mass is 125 g/mol. The number of hydrogen-bond acceptors (Lipinski definition) is 3. The van der Waals surface area contributed by atoms with Gasteiger partial charge in [0, 0.05) is 24.0 Å². The second-order valence-electron chi connectivity index (χ2n) is 1.94. The lowest BCUT2D eigenvalue weighted by Crippen LogP contribution is -2.38. The molecule has 0 aliphatic heterocycles. The normalized spacial score (nSPS) is 9.67. The zero-order valence-corrected chi connectivity index (χ0v) is 5.79. The van der Waals surface area contributed by atoms with Gasteiger partial charge in [0.2, 0.25) is 0 Å². The standard InChI is InChI=1S/C5H9N4/c1-4-6-8-7-5(2)9(4)3/h1-3H3/q+1. The maximum absolute atomic E-state index is 3.74. The fraction of sp³-hybridized carbons (Fsp3) is 0.600. The third-order valence-corrected chi connectivity index (χ3v) is 1.35. The molecule has 0 unspecified atom stereocenters. The van der Waals surface area contributed by atoms with Crippen LogP contribution in [0.5, 0.6) is 0 Å². The van der Waals surface area contributed by atoms with E-state index in [9.17, 15) is 0 Å². The van der Waals surface area contributed by atoms with E-state index >= 15 is 0 Å². The van der Waals surface area contributed by atoms with Crippen molar-refractivity contribution in [3.63, 3.8) is 0 Å². The highest BCUT2D eigenvalue weighted by atomic mass is 15.4. The number of rotatable bonds is 0. The molecule has 48 valence electrons. The molecule has 0 fully saturated rings. The van der Waals surface area contributed by atoms with Crippen LogP contribution in [0.15, 0.2) is 0 Å². The van der Waals surface area contributed by atoms with Crippen molar-refractivity contribution in [3.05, 3.63) is 11.6 Å². The van der Waals surface area contributed by atoms with Crippen molar-refractivity contribution in [2.24, 2.45) is 7.05 Å². The van der Waals surface area contributed by atoms with Crippen LogP contribution in [-0.4, -0.2) is 15.4 Å². The van der Waals surface area contributed by atoms with Crippen LogP contribution < -0.4 is 4.57 Å². The number of hydrogen-bond donors (Lipinski definition) is 0. The maximum atomic E-state index is 3.74. The SMILES string of the molecule is Cc1nnnc(C)[n+]1C. The predicted molar refractivity (Wildman–Crippen MR) is 30.5 cm³/mol. The van der Waals surface area contributed by atoms with Gasteiger partial charge in [-0.1, -0.05) is 0 Å². The van der Waals surface area contributed by atoms with Crippen molar-refractivity contribution in [2.75, 3.05) is 0 Å². The predicted octanol–water partition coefficient (Wildman–Crippen LogP) is -0.687. The molecule has 1 rings (SSSR count). The van der Waals surface area contributed by atoms with Crippen LogP contribution in [0.2, 0.25) is 0 Å². The highest BCUT2D eigenvalue weighted by Crippen LogP contribution is 1.77. The Morgan fingerprint density at radius 1 is 1.11 bits per heavy atom. The smallest absolute Gasteiger partial charge is 0.234 e. The molecule has 0 bridgehead atoms. The maximum Gasteiger partial charge on any atom is 0.264 e. The minimum atomic E-state index is 0.877. The van der Waals surface area contributed by atoms with Gasteiger partial charge >= 0.3 is 0 Å². The first kappa shape index (κ1) is 6.07. The zero-order chi connectivity index (χ0) is 6.85. The minimum Gasteiger partial charge on any atom is -0.234 e. The second kappa shape index (κ2) is 2.05. The minimum absolute atomic E-state index is 0.877. The van der Waals surface area contributed by atoms with Crippen LogP contribution in [0, 0.1) is 13.8 Å². The van der Waals surface area contributed by atoms with Crippen molar-refractivity contribution >= 4 is 0 Å². The van der Waals surface area contributed by atoms with Crippen LogP contribution in [0.3, 0.4) is 0 Å². The van der Waals surface area contributed by atoms with Gasteiger partial charge in [-0.2, -0.15) is 0 Å². The quantitative estimate of drug-likeness (QED) is 0.431. The summed E-state index contributed by atoms with van der Waals surface area (Å²) < 4.78 is 1.88. The van der Waals surface area contributed by atoms with Crippen LogP contribution in [0.4, 0.5) is 0 Å². The van der Waals surface area contributed by atoms with E-state index in [0.29, 0.717) is 0 Å². The lowest BCUT2D eigenvalue weighted by Gasteiger charge is -1.91. The molecular formula is C5H9N4+. The topological polar surface area (TPSA) is 42.6 Å². The van der Waals surface area contributed by atoms with Gasteiger partial charge < -0.3 is 0 Å². The van der Waals surface area contributed by atoms with Gasteiger partial charge in [-0.05, 0) is 0 Å². The molecule has 0 saturated heterocycles. The Labute approximate surface area is 53.6 Å². The molecule has 0 atom stereocenters. The number of nitrogens with zero attached hydrogens (tertiary/aromatic N) is 4. The van der Waals surface area contributed by atoms with Gasteiger partial charge in [0.15, 0.2) is 0 Å². The van der Waals surface area contributed by atoms with E-state index < -0.39 is 0 Å². The summed E-state index contributed by atoms with van der Waals surface area (Å²) in [5, 5.41) is 11.0. The summed E-state index contributed by atoms with van der Waals surface area (Å²) in [6.45, 7) is 3.78. The highest BCUT2D eigenvalue weighted by Gasteiger charge is 2.04. The molecule has 0 spiro atoms. The molecule has 9 heavy (non-hydrogen) atoms. The summed E-state index contributed by atoms with van der Waals surface area (Å²) >= 11 is 0. The molecule has 1 heterocycles. The van der Waals surface area contributed by atoms with Gasteiger partial charge in [-0.15, -0.1) is 0 Å². The first-order chi connectivity index (χ1) is 4.22. The Morgan fingerprint density at radius 2 is 1.56 bits per heavy atom. The fourth-order valence-corrected chi connectivity index (χ4v) is 0.520. The molecule has 0 radical (unpaired) electrons. The van der Waals surface area contributed by atoms with Gasteiger partial charge in [0.1, 0.15) is 5.21 Å². The average molecular weight is 125 g/mol. The molecule has 4 nitrogen and oxygen atoms in total. The third-order valence-electron chi connectivity index (χ3n) is 1.35. The summed E-state index contributed by atoms with van der Waals surface area (Å²) in [7, 11) is 1.91. The molecule has 0 N–H and O–H groups in total. The second-order valence-corrected chi connectivity index (χ2v) is 1.94. The highest BCUT2D eigenvalue weighted by molar-refractivity contribution is 4.64. The van der Waals surface area contributed by atoms with E-state index in [2.05, 4.69) is 15.4 Å². The van der Waals surface area contributed by atoms with Crippen LogP contribution >= 0.6 is 0 Å². The van der Waals surface area contributed by atoms with Gasteiger partial charge in [0.05, 0.1) is 7.05 Å². The van der Waals surface area contributed by atoms with E-state index in [1.165, 1.54) is 0 Å². The van der Waals surface area contributed by atoms with Crippen molar-refractivity contribution in [1.29, 1.82) is 0 Å². The van der Waals surface area contributed by atoms with Crippen molar-refractivity contribution in [3.8, 4) is 0 Å². The summed E-state index contributed by atoms with van der Waals surface area (Å²) in [6.07, 6.45) is 0. The summed E-state index contributed by atoms with van der Waals surface area (Å²) in [5.74, 6) is 1.75. The lowest BCUT2D eigenvalue weighted by molar-refractivity contribution is -0.691. The third kappa shape index (κ3) is 1.01. The zero-order valence-electron chi connectivity index (χ0n) is 5.79. The van der Waals surface area contributed by atoms with Crippen LogP contribution in [0.25, 0.3) is 0 Å². The molecule has 0 saturated carbocycles. The van der Waals surface area contributed by atoms with E-state index in [1.54, 1.807) is 0 Å². The molecule has 0 aliphatic rings. The molecule has 0 amide bonds. The van der Waals surface area contributed by atoms with Crippen LogP contribution in [0.1, 0.15) is 11.6 Å². The van der Waals surface area contributed by atoms with Crippen LogP contribution in [-0.2, 0) is 7.05 Å². The van der Waals surface area contributed by atoms with Crippen molar-refractivity contribution < 1.29 is 4.57 Å². The first-order valence-electron chi connectivity index (χ1n) is 2.74. The van der Waals surface area contributed by atoms with Gasteiger partial charge in [-0.3, -0.25) is 0 Å². The molecule has 1 aromatic heterocycles. The first-order valence-corrected chi connectivity index (χ1v) is 2.74. The van der Waals surface area contributed by atoms with Gasteiger partial charge in [-0.25, -0.2) is 4.57 Å². The lowest BCUT2D eigenvalue weighted by atomic mass is 10.6. The van der Waals surface area contributed by atoms with Crippen molar-refractivity contribution in [1.82, 2.24) is 15.4 Å². The Balaban J connectivity index is 3.25. The molecule has 0 aromatic carbocycles. The van der Waals surface area contributed by atoms with E-state index in [1.807, 2.05) is 25.5 Å². The average Bonchev–Trinajstić information content (AvgIpc) is 1.83.